The van der Waals surface area contributed by atoms with Crippen molar-refractivity contribution in [2.45, 2.75) is 25.5 Å². The van der Waals surface area contributed by atoms with Gasteiger partial charge in [0.1, 0.15) is 0 Å². The van der Waals surface area contributed by atoms with Gasteiger partial charge in [-0.25, -0.2) is 0 Å². The molecule has 0 radical (unpaired) electrons. The SMILES string of the molecule is Cc1ccc(C)c(CC2CS2)c1. The number of hydrogen-bond acceptors (Lipinski definition) is 1. The molecule has 0 bridgehead atoms. The number of thioether (sulfide) groups is 1. The minimum atomic E-state index is 0.922. The molecule has 0 aromatic heterocycles. The summed E-state index contributed by atoms with van der Waals surface area (Å²) in [4.78, 5) is 0. The van der Waals surface area contributed by atoms with Crippen LogP contribution in [-0.2, 0) is 6.42 Å². The van der Waals surface area contributed by atoms with Crippen molar-refractivity contribution in [1.29, 1.82) is 0 Å². The minimum absolute atomic E-state index is 0.922. The predicted octanol–water partition coefficient (Wildman–Crippen LogP) is 2.96. The maximum Gasteiger partial charge on any atom is 0.0179 e. The van der Waals surface area contributed by atoms with Crippen molar-refractivity contribution in [2.24, 2.45) is 0 Å². The Balaban J connectivity index is 2.21. The first kappa shape index (κ1) is 8.18. The Labute approximate surface area is 78.4 Å². The van der Waals surface area contributed by atoms with Crippen molar-refractivity contribution in [3.63, 3.8) is 0 Å². The van der Waals surface area contributed by atoms with Crippen LogP contribution in [0.3, 0.4) is 0 Å². The highest BCUT2D eigenvalue weighted by Crippen LogP contribution is 2.33. The number of aryl methyl sites for hydroxylation is 2. The van der Waals surface area contributed by atoms with E-state index in [1.165, 1.54) is 23.3 Å². The van der Waals surface area contributed by atoms with Crippen molar-refractivity contribution in [1.82, 2.24) is 0 Å². The van der Waals surface area contributed by atoms with Crippen LogP contribution in [0.2, 0.25) is 0 Å². The normalized spacial score (nSPS) is 21.0. The highest BCUT2D eigenvalue weighted by atomic mass is 32.2. The summed E-state index contributed by atoms with van der Waals surface area (Å²) < 4.78 is 0. The zero-order valence-corrected chi connectivity index (χ0v) is 8.45. The molecule has 1 aliphatic heterocycles. The van der Waals surface area contributed by atoms with E-state index < -0.39 is 0 Å². The Morgan fingerprint density at radius 2 is 2.17 bits per heavy atom. The molecule has 0 nitrogen and oxygen atoms in total. The van der Waals surface area contributed by atoms with Gasteiger partial charge in [0.25, 0.3) is 0 Å². The molecule has 1 heteroatoms. The van der Waals surface area contributed by atoms with Crippen LogP contribution in [-0.4, -0.2) is 11.0 Å². The van der Waals surface area contributed by atoms with Gasteiger partial charge in [-0.15, -0.1) is 0 Å². The van der Waals surface area contributed by atoms with Crippen LogP contribution >= 0.6 is 11.8 Å². The lowest BCUT2D eigenvalue weighted by atomic mass is 10.0. The molecule has 1 heterocycles. The first-order valence-corrected chi connectivity index (χ1v) is 5.48. The minimum Gasteiger partial charge on any atom is -0.156 e. The van der Waals surface area contributed by atoms with Crippen molar-refractivity contribution < 1.29 is 0 Å². The zero-order valence-electron chi connectivity index (χ0n) is 7.63. The lowest BCUT2D eigenvalue weighted by Crippen LogP contribution is -1.95. The second-order valence-electron chi connectivity index (χ2n) is 3.59. The molecule has 64 valence electrons. The van der Waals surface area contributed by atoms with Crippen molar-refractivity contribution in [2.75, 3.05) is 5.75 Å². The van der Waals surface area contributed by atoms with Gasteiger partial charge in [0, 0.05) is 11.0 Å². The van der Waals surface area contributed by atoms with E-state index in [1.807, 2.05) is 0 Å². The van der Waals surface area contributed by atoms with Crippen LogP contribution in [0.15, 0.2) is 18.2 Å². The maximum absolute atomic E-state index is 2.33. The summed E-state index contributed by atoms with van der Waals surface area (Å²) >= 11 is 2.08. The van der Waals surface area contributed by atoms with Crippen LogP contribution < -0.4 is 0 Å². The highest BCUT2D eigenvalue weighted by molar-refractivity contribution is 8.06. The number of hydrogen-bond donors (Lipinski definition) is 0. The van der Waals surface area contributed by atoms with E-state index in [1.54, 1.807) is 5.56 Å². The number of benzene rings is 1. The van der Waals surface area contributed by atoms with E-state index in [9.17, 15) is 0 Å². The number of rotatable bonds is 2. The summed E-state index contributed by atoms with van der Waals surface area (Å²) in [7, 11) is 0. The van der Waals surface area contributed by atoms with Gasteiger partial charge in [0.15, 0.2) is 0 Å². The molecule has 1 atom stereocenters. The van der Waals surface area contributed by atoms with E-state index in [0.29, 0.717) is 0 Å². The predicted molar refractivity (Wildman–Crippen MR) is 55.9 cm³/mol. The van der Waals surface area contributed by atoms with Gasteiger partial charge in [-0.05, 0) is 31.4 Å². The molecule has 1 aromatic rings. The van der Waals surface area contributed by atoms with Crippen LogP contribution in [0.4, 0.5) is 0 Å². The van der Waals surface area contributed by atoms with Crippen LogP contribution in [0.25, 0.3) is 0 Å². The standard InChI is InChI=1S/C11H14S/c1-8-3-4-9(2)10(5-8)6-11-7-12-11/h3-5,11H,6-7H2,1-2H3. The first-order chi connectivity index (χ1) is 5.75. The van der Waals surface area contributed by atoms with E-state index >= 15 is 0 Å². The molecule has 0 spiro atoms. The Morgan fingerprint density at radius 3 is 2.83 bits per heavy atom. The molecule has 1 aliphatic rings. The maximum atomic E-state index is 2.33. The van der Waals surface area contributed by atoms with Gasteiger partial charge < -0.3 is 0 Å². The Morgan fingerprint density at radius 1 is 1.42 bits per heavy atom. The highest BCUT2D eigenvalue weighted by Gasteiger charge is 2.22. The smallest absolute Gasteiger partial charge is 0.0179 e. The van der Waals surface area contributed by atoms with Gasteiger partial charge in [0.05, 0.1) is 0 Å². The third kappa shape index (κ3) is 1.84. The van der Waals surface area contributed by atoms with Crippen LogP contribution in [0.1, 0.15) is 16.7 Å². The summed E-state index contributed by atoms with van der Waals surface area (Å²) in [5.41, 5.74) is 4.39. The average molecular weight is 178 g/mol. The molecule has 12 heavy (non-hydrogen) atoms. The molecule has 1 fully saturated rings. The lowest BCUT2D eigenvalue weighted by molar-refractivity contribution is 1.00. The van der Waals surface area contributed by atoms with Crippen molar-refractivity contribution >= 4 is 11.8 Å². The monoisotopic (exact) mass is 178 g/mol. The molecule has 1 saturated heterocycles. The molecular formula is C11H14S. The van der Waals surface area contributed by atoms with Crippen LogP contribution in [0, 0.1) is 13.8 Å². The average Bonchev–Trinajstić information content (AvgIpc) is 2.81. The largest absolute Gasteiger partial charge is 0.156 e. The van der Waals surface area contributed by atoms with Gasteiger partial charge in [-0.2, -0.15) is 11.8 Å². The van der Waals surface area contributed by atoms with Gasteiger partial charge >= 0.3 is 0 Å². The topological polar surface area (TPSA) is 0 Å². The summed E-state index contributed by atoms with van der Waals surface area (Å²) in [5, 5.41) is 0.922. The molecule has 2 rings (SSSR count). The first-order valence-electron chi connectivity index (χ1n) is 4.43. The molecule has 0 saturated carbocycles. The Bertz CT molecular complexity index is 287. The van der Waals surface area contributed by atoms with E-state index in [2.05, 4.69) is 43.8 Å². The molecule has 0 amide bonds. The summed E-state index contributed by atoms with van der Waals surface area (Å²) in [6.45, 7) is 4.38. The molecular weight excluding hydrogens is 164 g/mol. The van der Waals surface area contributed by atoms with Crippen molar-refractivity contribution in [3.8, 4) is 0 Å². The molecule has 1 unspecified atom stereocenters. The fourth-order valence-corrected chi connectivity index (χ4v) is 2.00. The Kier molecular flexibility index (Phi) is 2.14. The molecule has 1 aromatic carbocycles. The second-order valence-corrected chi connectivity index (χ2v) is 4.92. The van der Waals surface area contributed by atoms with Gasteiger partial charge in [0.2, 0.25) is 0 Å². The fourth-order valence-electron chi connectivity index (χ4n) is 1.45. The third-order valence-electron chi connectivity index (χ3n) is 2.35. The fraction of sp³-hybridized carbons (Fsp3) is 0.455. The zero-order chi connectivity index (χ0) is 8.55. The quantitative estimate of drug-likeness (QED) is 0.627. The lowest BCUT2D eigenvalue weighted by Gasteiger charge is -2.04. The Hall–Kier alpha value is -0.430. The van der Waals surface area contributed by atoms with E-state index in [-0.39, 0.29) is 0 Å². The van der Waals surface area contributed by atoms with Gasteiger partial charge in [-0.1, -0.05) is 23.8 Å². The summed E-state index contributed by atoms with van der Waals surface area (Å²) in [6, 6.07) is 6.75. The molecule has 0 aliphatic carbocycles. The summed E-state index contributed by atoms with van der Waals surface area (Å²) in [5.74, 6) is 1.37. The van der Waals surface area contributed by atoms with Crippen molar-refractivity contribution in [3.05, 3.63) is 34.9 Å². The second kappa shape index (κ2) is 3.14. The van der Waals surface area contributed by atoms with E-state index in [0.717, 1.165) is 5.25 Å². The third-order valence-corrected chi connectivity index (χ3v) is 3.33. The van der Waals surface area contributed by atoms with Crippen LogP contribution in [0.5, 0.6) is 0 Å². The summed E-state index contributed by atoms with van der Waals surface area (Å²) in [6.07, 6.45) is 1.28. The molecule has 0 N–H and O–H groups in total. The van der Waals surface area contributed by atoms with Gasteiger partial charge in [-0.3, -0.25) is 0 Å². The van der Waals surface area contributed by atoms with E-state index in [4.69, 9.17) is 0 Å².